The van der Waals surface area contributed by atoms with Crippen molar-refractivity contribution < 1.29 is 9.90 Å². The number of aliphatic hydroxyl groups excluding tert-OH is 1. The van der Waals surface area contributed by atoms with Gasteiger partial charge in [0.25, 0.3) is 5.91 Å². The molecular formula is C13H22N2O2. The van der Waals surface area contributed by atoms with Crippen molar-refractivity contribution in [1.29, 1.82) is 0 Å². The van der Waals surface area contributed by atoms with Crippen LogP contribution in [0.5, 0.6) is 0 Å². The number of rotatable bonds is 5. The van der Waals surface area contributed by atoms with Crippen LogP contribution in [0.3, 0.4) is 0 Å². The lowest BCUT2D eigenvalue weighted by molar-refractivity contribution is 0.0886. The zero-order valence-electron chi connectivity index (χ0n) is 11.0. The third kappa shape index (κ3) is 3.33. The molecule has 96 valence electrons. The van der Waals surface area contributed by atoms with Gasteiger partial charge in [0.1, 0.15) is 5.69 Å². The maximum Gasteiger partial charge on any atom is 0.268 e. The summed E-state index contributed by atoms with van der Waals surface area (Å²) in [5.74, 6) is 0.0860. The second-order valence-electron chi connectivity index (χ2n) is 4.90. The molecule has 4 heteroatoms. The highest BCUT2D eigenvalue weighted by Gasteiger charge is 2.18. The summed E-state index contributed by atoms with van der Waals surface area (Å²) in [5, 5.41) is 12.1. The van der Waals surface area contributed by atoms with Crippen molar-refractivity contribution in [3.8, 4) is 0 Å². The molecule has 1 aromatic rings. The number of carbonyl (C=O) groups excluding carboxylic acids is 1. The van der Waals surface area contributed by atoms with Gasteiger partial charge in [0.15, 0.2) is 0 Å². The lowest BCUT2D eigenvalue weighted by atomic mass is 10.1. The first-order valence-corrected chi connectivity index (χ1v) is 6.06. The SMILES string of the molecule is CC(C)[C@@H](CO)NC(=O)c1cccn1C(C)C. The van der Waals surface area contributed by atoms with Crippen molar-refractivity contribution in [3.63, 3.8) is 0 Å². The molecular weight excluding hydrogens is 216 g/mol. The van der Waals surface area contributed by atoms with Gasteiger partial charge in [-0.15, -0.1) is 0 Å². The highest BCUT2D eigenvalue weighted by Crippen LogP contribution is 2.11. The van der Waals surface area contributed by atoms with E-state index in [4.69, 9.17) is 0 Å². The highest BCUT2D eigenvalue weighted by molar-refractivity contribution is 5.93. The van der Waals surface area contributed by atoms with Crippen LogP contribution in [0.2, 0.25) is 0 Å². The first-order valence-electron chi connectivity index (χ1n) is 6.06. The maximum atomic E-state index is 12.1. The topological polar surface area (TPSA) is 54.3 Å². The minimum absolute atomic E-state index is 0.0359. The van der Waals surface area contributed by atoms with E-state index in [1.54, 1.807) is 6.07 Å². The van der Waals surface area contributed by atoms with Gasteiger partial charge in [0.2, 0.25) is 0 Å². The summed E-state index contributed by atoms with van der Waals surface area (Å²) in [5.41, 5.74) is 0.638. The number of aliphatic hydroxyl groups is 1. The molecule has 0 saturated heterocycles. The van der Waals surface area contributed by atoms with Gasteiger partial charge in [-0.3, -0.25) is 4.79 Å². The first kappa shape index (κ1) is 13.8. The quantitative estimate of drug-likeness (QED) is 0.822. The molecule has 0 spiro atoms. The Morgan fingerprint density at radius 2 is 2.06 bits per heavy atom. The number of carbonyl (C=O) groups is 1. The van der Waals surface area contributed by atoms with Crippen molar-refractivity contribution in [2.24, 2.45) is 5.92 Å². The summed E-state index contributed by atoms with van der Waals surface area (Å²) in [4.78, 5) is 12.1. The number of hydrogen-bond acceptors (Lipinski definition) is 2. The fourth-order valence-corrected chi connectivity index (χ4v) is 1.70. The van der Waals surface area contributed by atoms with E-state index in [1.807, 2.05) is 44.5 Å². The Kier molecular flexibility index (Phi) is 4.75. The van der Waals surface area contributed by atoms with Crippen LogP contribution in [0, 0.1) is 5.92 Å². The molecule has 0 aliphatic heterocycles. The van der Waals surface area contributed by atoms with Crippen LogP contribution in [0.4, 0.5) is 0 Å². The van der Waals surface area contributed by atoms with Crippen LogP contribution in [-0.4, -0.2) is 28.2 Å². The zero-order chi connectivity index (χ0) is 13.0. The van der Waals surface area contributed by atoms with Gasteiger partial charge < -0.3 is 15.0 Å². The van der Waals surface area contributed by atoms with Crippen molar-refractivity contribution in [2.45, 2.75) is 39.8 Å². The Balaban J connectivity index is 2.79. The van der Waals surface area contributed by atoms with Crippen LogP contribution in [0.15, 0.2) is 18.3 Å². The van der Waals surface area contributed by atoms with Gasteiger partial charge >= 0.3 is 0 Å². The highest BCUT2D eigenvalue weighted by atomic mass is 16.3. The molecule has 0 unspecified atom stereocenters. The Bertz CT molecular complexity index is 369. The summed E-state index contributed by atoms with van der Waals surface area (Å²) >= 11 is 0. The van der Waals surface area contributed by atoms with Crippen LogP contribution < -0.4 is 5.32 Å². The molecule has 0 aromatic carbocycles. The van der Waals surface area contributed by atoms with Crippen molar-refractivity contribution in [1.82, 2.24) is 9.88 Å². The second-order valence-corrected chi connectivity index (χ2v) is 4.90. The molecule has 2 N–H and O–H groups in total. The number of amides is 1. The molecule has 0 radical (unpaired) electrons. The number of aromatic nitrogens is 1. The molecule has 1 amide bonds. The van der Waals surface area contributed by atoms with Gasteiger partial charge in [-0.2, -0.15) is 0 Å². The fourth-order valence-electron chi connectivity index (χ4n) is 1.70. The molecule has 1 atom stereocenters. The molecule has 1 heterocycles. The van der Waals surface area contributed by atoms with Crippen LogP contribution in [0.25, 0.3) is 0 Å². The molecule has 1 aromatic heterocycles. The van der Waals surface area contributed by atoms with E-state index < -0.39 is 0 Å². The molecule has 0 fully saturated rings. The summed E-state index contributed by atoms with van der Waals surface area (Å²) in [6.45, 7) is 7.97. The predicted octanol–water partition coefficient (Wildman–Crippen LogP) is 1.82. The molecule has 4 nitrogen and oxygen atoms in total. The van der Waals surface area contributed by atoms with Crippen LogP contribution >= 0.6 is 0 Å². The normalized spacial score (nSPS) is 13.1. The smallest absolute Gasteiger partial charge is 0.268 e. The Hall–Kier alpha value is -1.29. The predicted molar refractivity (Wildman–Crippen MR) is 68.0 cm³/mol. The van der Waals surface area contributed by atoms with E-state index in [0.29, 0.717) is 5.69 Å². The largest absolute Gasteiger partial charge is 0.394 e. The Labute approximate surface area is 103 Å². The lowest BCUT2D eigenvalue weighted by Crippen LogP contribution is -2.41. The zero-order valence-corrected chi connectivity index (χ0v) is 11.0. The van der Waals surface area contributed by atoms with Crippen LogP contribution in [-0.2, 0) is 0 Å². The van der Waals surface area contributed by atoms with E-state index in [2.05, 4.69) is 5.32 Å². The molecule has 0 bridgehead atoms. The van der Waals surface area contributed by atoms with Gasteiger partial charge in [0, 0.05) is 12.2 Å². The third-order valence-electron chi connectivity index (χ3n) is 2.89. The number of nitrogens with one attached hydrogen (secondary N) is 1. The second kappa shape index (κ2) is 5.87. The van der Waals surface area contributed by atoms with Gasteiger partial charge in [-0.05, 0) is 31.9 Å². The maximum absolute atomic E-state index is 12.1. The van der Waals surface area contributed by atoms with E-state index in [0.717, 1.165) is 0 Å². The average molecular weight is 238 g/mol. The standard InChI is InChI=1S/C13H22N2O2/c1-9(2)11(8-16)14-13(17)12-6-5-7-15(12)10(3)4/h5-7,9-11,16H,8H2,1-4H3,(H,14,17)/t11-/m1/s1. The minimum atomic E-state index is -0.196. The molecule has 1 rings (SSSR count). The lowest BCUT2D eigenvalue weighted by Gasteiger charge is -2.21. The van der Waals surface area contributed by atoms with E-state index in [-0.39, 0.29) is 30.5 Å². The summed E-state index contributed by atoms with van der Waals surface area (Å²) in [6, 6.07) is 3.71. The van der Waals surface area contributed by atoms with E-state index in [1.165, 1.54) is 0 Å². The third-order valence-corrected chi connectivity index (χ3v) is 2.89. The van der Waals surface area contributed by atoms with E-state index >= 15 is 0 Å². The minimum Gasteiger partial charge on any atom is -0.394 e. The summed E-state index contributed by atoms with van der Waals surface area (Å²) < 4.78 is 1.92. The molecule has 0 aliphatic rings. The Morgan fingerprint density at radius 1 is 1.41 bits per heavy atom. The Morgan fingerprint density at radius 3 is 2.53 bits per heavy atom. The van der Waals surface area contributed by atoms with Crippen molar-refractivity contribution >= 4 is 5.91 Å². The van der Waals surface area contributed by atoms with E-state index in [9.17, 15) is 9.90 Å². The molecule has 17 heavy (non-hydrogen) atoms. The first-order chi connectivity index (χ1) is 7.97. The molecule has 0 aliphatic carbocycles. The van der Waals surface area contributed by atoms with Crippen LogP contribution in [0.1, 0.15) is 44.2 Å². The van der Waals surface area contributed by atoms with Crippen molar-refractivity contribution in [2.75, 3.05) is 6.61 Å². The van der Waals surface area contributed by atoms with Gasteiger partial charge in [0.05, 0.1) is 12.6 Å². The fraction of sp³-hybridized carbons (Fsp3) is 0.615. The monoisotopic (exact) mass is 238 g/mol. The van der Waals surface area contributed by atoms with Gasteiger partial charge in [-0.25, -0.2) is 0 Å². The number of hydrogen-bond donors (Lipinski definition) is 2. The summed E-state index contributed by atoms with van der Waals surface area (Å²) in [6.07, 6.45) is 1.89. The molecule has 0 saturated carbocycles. The summed E-state index contributed by atoms with van der Waals surface area (Å²) in [7, 11) is 0. The average Bonchev–Trinajstić information content (AvgIpc) is 2.73. The van der Waals surface area contributed by atoms with Crippen molar-refractivity contribution in [3.05, 3.63) is 24.0 Å². The number of nitrogens with zero attached hydrogens (tertiary/aromatic N) is 1. The van der Waals surface area contributed by atoms with Gasteiger partial charge in [-0.1, -0.05) is 13.8 Å².